The second kappa shape index (κ2) is 8.68. The molecule has 1 aromatic carbocycles. The molecule has 0 aliphatic carbocycles. The number of halogens is 2. The second-order valence-corrected chi connectivity index (χ2v) is 7.90. The Labute approximate surface area is 175 Å². The Morgan fingerprint density at radius 3 is 2.89 bits per heavy atom. The van der Waals surface area contributed by atoms with Crippen LogP contribution in [0.25, 0.3) is 0 Å². The van der Waals surface area contributed by atoms with Gasteiger partial charge in [0.25, 0.3) is 0 Å². The van der Waals surface area contributed by atoms with Crippen molar-refractivity contribution in [2.75, 3.05) is 17.7 Å². The van der Waals surface area contributed by atoms with Crippen LogP contribution in [-0.2, 0) is 11.3 Å². The van der Waals surface area contributed by atoms with Gasteiger partial charge in [0.1, 0.15) is 10.8 Å². The monoisotopic (exact) mass is 438 g/mol. The predicted molar refractivity (Wildman–Crippen MR) is 113 cm³/mol. The van der Waals surface area contributed by atoms with E-state index in [1.165, 1.54) is 30.6 Å². The molecule has 0 aliphatic heterocycles. The van der Waals surface area contributed by atoms with Crippen LogP contribution in [0.3, 0.4) is 0 Å². The highest BCUT2D eigenvalue weighted by Crippen LogP contribution is 2.28. The molecule has 6 nitrogen and oxygen atoms in total. The number of thiocarbonyl (C=S) groups is 1. The van der Waals surface area contributed by atoms with E-state index in [1.54, 1.807) is 29.2 Å². The first-order valence-corrected chi connectivity index (χ1v) is 9.69. The Morgan fingerprint density at radius 1 is 1.39 bits per heavy atom. The zero-order valence-corrected chi connectivity index (χ0v) is 17.3. The summed E-state index contributed by atoms with van der Waals surface area (Å²) >= 11 is 12.8. The zero-order chi connectivity index (χ0) is 20.3. The summed E-state index contributed by atoms with van der Waals surface area (Å²) in [6.45, 7) is 2.28. The van der Waals surface area contributed by atoms with Gasteiger partial charge in [-0.3, -0.25) is 4.68 Å². The Hall–Kier alpha value is -2.49. The van der Waals surface area contributed by atoms with Crippen molar-refractivity contribution >= 4 is 56.9 Å². The van der Waals surface area contributed by atoms with Crippen LogP contribution in [0.15, 0.2) is 36.7 Å². The summed E-state index contributed by atoms with van der Waals surface area (Å²) in [5.74, 6) is -0.818. The maximum Gasteiger partial charge on any atom is 0.340 e. The van der Waals surface area contributed by atoms with Crippen molar-refractivity contribution in [3.63, 3.8) is 0 Å². The maximum absolute atomic E-state index is 13.1. The van der Waals surface area contributed by atoms with E-state index in [0.29, 0.717) is 32.9 Å². The highest BCUT2D eigenvalue weighted by molar-refractivity contribution is 7.80. The summed E-state index contributed by atoms with van der Waals surface area (Å²) in [5, 5.41) is 11.5. The molecular formula is C18H16ClFN4O2S2. The highest BCUT2D eigenvalue weighted by Gasteiger charge is 2.16. The molecule has 2 N–H and O–H groups in total. The summed E-state index contributed by atoms with van der Waals surface area (Å²) in [6.07, 6.45) is 3.35. The fraction of sp³-hybridized carbons (Fsp3) is 0.167. The number of rotatable bonds is 5. The number of nitrogens with zero attached hydrogens (tertiary/aromatic N) is 2. The largest absolute Gasteiger partial charge is 0.465 e. The molecule has 2 aromatic heterocycles. The molecule has 146 valence electrons. The molecule has 0 fully saturated rings. The van der Waals surface area contributed by atoms with Gasteiger partial charge in [0.2, 0.25) is 0 Å². The van der Waals surface area contributed by atoms with Crippen molar-refractivity contribution in [1.29, 1.82) is 0 Å². The van der Waals surface area contributed by atoms with Crippen LogP contribution >= 0.6 is 35.2 Å². The third-order valence-electron chi connectivity index (χ3n) is 3.73. The van der Waals surface area contributed by atoms with Gasteiger partial charge in [-0.1, -0.05) is 17.7 Å². The fourth-order valence-electron chi connectivity index (χ4n) is 2.47. The number of aromatic nitrogens is 2. The first kappa shape index (κ1) is 20.2. The van der Waals surface area contributed by atoms with Gasteiger partial charge in [-0.05, 0) is 42.9 Å². The lowest BCUT2D eigenvalue weighted by Crippen LogP contribution is -2.19. The minimum absolute atomic E-state index is 0.311. The number of esters is 1. The Morgan fingerprint density at radius 2 is 2.18 bits per heavy atom. The number of thiophene rings is 1. The minimum Gasteiger partial charge on any atom is -0.465 e. The van der Waals surface area contributed by atoms with Crippen molar-refractivity contribution in [1.82, 2.24) is 9.78 Å². The molecule has 0 aliphatic rings. The van der Waals surface area contributed by atoms with Crippen molar-refractivity contribution in [2.45, 2.75) is 13.5 Å². The molecule has 0 radical (unpaired) electrons. The number of aryl methyl sites for hydroxylation is 1. The second-order valence-electron chi connectivity index (χ2n) is 5.83. The quantitative estimate of drug-likeness (QED) is 0.445. The topological polar surface area (TPSA) is 68.2 Å². The van der Waals surface area contributed by atoms with E-state index in [2.05, 4.69) is 15.7 Å². The van der Waals surface area contributed by atoms with Gasteiger partial charge in [0.05, 0.1) is 31.1 Å². The number of ether oxygens (including phenoxy) is 1. The van der Waals surface area contributed by atoms with E-state index in [0.717, 1.165) is 10.4 Å². The van der Waals surface area contributed by atoms with E-state index in [4.69, 9.17) is 28.6 Å². The molecule has 3 rings (SSSR count). The Kier molecular flexibility index (Phi) is 6.28. The summed E-state index contributed by atoms with van der Waals surface area (Å²) in [4.78, 5) is 12.8. The smallest absolute Gasteiger partial charge is 0.340 e. The molecule has 0 atom stereocenters. The molecule has 0 spiro atoms. The number of benzene rings is 1. The molecule has 28 heavy (non-hydrogen) atoms. The lowest BCUT2D eigenvalue weighted by atomic mass is 10.2. The Balaban J connectivity index is 1.65. The third-order valence-corrected chi connectivity index (χ3v) is 5.25. The average Bonchev–Trinajstić information content (AvgIpc) is 3.22. The minimum atomic E-state index is -0.432. The van der Waals surface area contributed by atoms with Crippen LogP contribution in [0.2, 0.25) is 5.02 Å². The number of carbonyl (C=O) groups excluding carboxylic acids is 1. The molecule has 0 amide bonds. The molecule has 0 saturated carbocycles. The number of carbonyl (C=O) groups is 1. The van der Waals surface area contributed by atoms with E-state index in [-0.39, 0.29) is 5.82 Å². The van der Waals surface area contributed by atoms with Gasteiger partial charge in [0, 0.05) is 16.1 Å². The van der Waals surface area contributed by atoms with Gasteiger partial charge in [-0.25, -0.2) is 9.18 Å². The van der Waals surface area contributed by atoms with Crippen LogP contribution in [0, 0.1) is 12.7 Å². The normalized spacial score (nSPS) is 10.6. The summed E-state index contributed by atoms with van der Waals surface area (Å²) < 4.78 is 19.6. The van der Waals surface area contributed by atoms with Crippen LogP contribution in [-0.4, -0.2) is 28.0 Å². The molecular weight excluding hydrogens is 423 g/mol. The van der Waals surface area contributed by atoms with Crippen molar-refractivity contribution in [2.24, 2.45) is 0 Å². The molecule has 10 heteroatoms. The number of nitrogens with one attached hydrogen (secondary N) is 2. The number of hydrogen-bond donors (Lipinski definition) is 2. The lowest BCUT2D eigenvalue weighted by molar-refractivity contribution is 0.0602. The van der Waals surface area contributed by atoms with E-state index in [9.17, 15) is 9.18 Å². The van der Waals surface area contributed by atoms with E-state index in [1.807, 2.05) is 6.92 Å². The van der Waals surface area contributed by atoms with Crippen molar-refractivity contribution in [3.8, 4) is 0 Å². The summed E-state index contributed by atoms with van der Waals surface area (Å²) in [6, 6.07) is 5.98. The Bertz CT molecular complexity index is 1030. The van der Waals surface area contributed by atoms with Crippen LogP contribution in [0.1, 0.15) is 20.8 Å². The van der Waals surface area contributed by atoms with E-state index >= 15 is 0 Å². The first-order chi connectivity index (χ1) is 13.4. The van der Waals surface area contributed by atoms with Crippen LogP contribution in [0.5, 0.6) is 0 Å². The van der Waals surface area contributed by atoms with Crippen LogP contribution < -0.4 is 10.6 Å². The lowest BCUT2D eigenvalue weighted by Gasteiger charge is -2.08. The van der Waals surface area contributed by atoms with Gasteiger partial charge >= 0.3 is 5.97 Å². The van der Waals surface area contributed by atoms with Crippen LogP contribution in [0.4, 0.5) is 15.1 Å². The average molecular weight is 439 g/mol. The SMILES string of the molecule is COC(=O)c1cc(C)sc1NC(=S)Nc1cnn(Cc2ccc(F)cc2Cl)c1. The van der Waals surface area contributed by atoms with Crippen molar-refractivity contribution in [3.05, 3.63) is 63.5 Å². The summed E-state index contributed by atoms with van der Waals surface area (Å²) in [5.41, 5.74) is 1.83. The van der Waals surface area contributed by atoms with Gasteiger partial charge in [-0.2, -0.15) is 5.10 Å². The molecule has 2 heterocycles. The fourth-order valence-corrected chi connectivity index (χ4v) is 3.89. The molecule has 0 unspecified atom stereocenters. The van der Waals surface area contributed by atoms with E-state index < -0.39 is 5.97 Å². The van der Waals surface area contributed by atoms with Gasteiger partial charge in [0.15, 0.2) is 5.11 Å². The zero-order valence-electron chi connectivity index (χ0n) is 15.0. The van der Waals surface area contributed by atoms with Crippen molar-refractivity contribution < 1.29 is 13.9 Å². The molecule has 0 saturated heterocycles. The third kappa shape index (κ3) is 4.86. The molecule has 0 bridgehead atoms. The highest BCUT2D eigenvalue weighted by atomic mass is 35.5. The van der Waals surface area contributed by atoms with Gasteiger partial charge in [-0.15, -0.1) is 11.3 Å². The maximum atomic E-state index is 13.1. The number of hydrogen-bond acceptors (Lipinski definition) is 5. The van der Waals surface area contributed by atoms with Gasteiger partial charge < -0.3 is 15.4 Å². The summed E-state index contributed by atoms with van der Waals surface area (Å²) in [7, 11) is 1.33. The standard InChI is InChI=1S/C18H16ClFN4O2S2/c1-10-5-14(17(25)26-2)16(28-10)23-18(27)22-13-7-21-24(9-13)8-11-3-4-12(20)6-15(11)19/h3-7,9H,8H2,1-2H3,(H2,22,23,27). The number of methoxy groups -OCH3 is 1. The first-order valence-electron chi connectivity index (χ1n) is 8.09. The molecule has 3 aromatic rings. The number of anilines is 2. The predicted octanol–water partition coefficient (Wildman–Crippen LogP) is 4.69.